The number of allylic oxidation sites excluding steroid dienone is 4. The van der Waals surface area contributed by atoms with E-state index in [0.29, 0.717) is 0 Å². The molecule has 0 aliphatic heterocycles. The molecule has 0 amide bonds. The second-order valence-electron chi connectivity index (χ2n) is 5.07. The molecule has 2 aromatic carbocycles. The molecule has 4 rings (SSSR count). The summed E-state index contributed by atoms with van der Waals surface area (Å²) in [5.74, 6) is -0.241. The van der Waals surface area contributed by atoms with Crippen molar-refractivity contribution in [3.63, 3.8) is 0 Å². The normalized spacial score (nSPS) is 18.3. The van der Waals surface area contributed by atoms with E-state index in [1.807, 2.05) is 30.4 Å². The predicted molar refractivity (Wildman–Crippen MR) is 86.2 cm³/mol. The number of benzene rings is 2. The van der Waals surface area contributed by atoms with Gasteiger partial charge in [0.05, 0.1) is 6.10 Å². The quantitative estimate of drug-likeness (QED) is 0.758. The van der Waals surface area contributed by atoms with Gasteiger partial charge in [-0.3, -0.25) is 9.59 Å². The van der Waals surface area contributed by atoms with Crippen molar-refractivity contribution in [2.24, 2.45) is 0 Å². The number of carbonyl (C=O) groups is 2. The Bertz CT molecular complexity index is 798. The van der Waals surface area contributed by atoms with Gasteiger partial charge in [-0.25, -0.2) is 0 Å². The van der Waals surface area contributed by atoms with Crippen LogP contribution in [0.1, 0.15) is 17.2 Å². The van der Waals surface area contributed by atoms with Crippen LogP contribution in [0.4, 0.5) is 0 Å². The van der Waals surface area contributed by atoms with Gasteiger partial charge in [0.2, 0.25) is 0 Å². The molecule has 2 aromatic rings. The summed E-state index contributed by atoms with van der Waals surface area (Å²) < 4.78 is 0. The van der Waals surface area contributed by atoms with E-state index in [1.165, 1.54) is 40.6 Å². The van der Waals surface area contributed by atoms with Crippen LogP contribution in [0.2, 0.25) is 0 Å². The van der Waals surface area contributed by atoms with Crippen LogP contribution in [0.3, 0.4) is 0 Å². The van der Waals surface area contributed by atoms with Gasteiger partial charge in [-0.1, -0.05) is 48.6 Å². The Balaban J connectivity index is 0.000000154. The maximum atomic E-state index is 10.3. The van der Waals surface area contributed by atoms with Crippen LogP contribution in [0.5, 0.6) is 0 Å². The lowest BCUT2D eigenvalue weighted by molar-refractivity contribution is -0.113. The standard InChI is InChI=1S/C13H10O.C6H4O2/c14-12-8-7-10-4-1-3-9-5-2-6-11(12)13(9)10;7-5-1-2-6(8)4-3-5/h1-8,12,14H;1-4H. The van der Waals surface area contributed by atoms with Gasteiger partial charge in [0, 0.05) is 0 Å². The Labute approximate surface area is 127 Å². The zero-order chi connectivity index (χ0) is 15.5. The number of ketones is 2. The Morgan fingerprint density at radius 3 is 2.00 bits per heavy atom. The van der Waals surface area contributed by atoms with Crippen molar-refractivity contribution >= 4 is 28.4 Å². The van der Waals surface area contributed by atoms with Crippen LogP contribution in [0.15, 0.2) is 66.8 Å². The molecule has 0 aromatic heterocycles. The van der Waals surface area contributed by atoms with Crippen LogP contribution in [0.25, 0.3) is 16.8 Å². The van der Waals surface area contributed by atoms with E-state index in [1.54, 1.807) is 0 Å². The average Bonchev–Trinajstić information content (AvgIpc) is 2.55. The molecule has 0 fully saturated rings. The summed E-state index contributed by atoms with van der Waals surface area (Å²) in [6, 6.07) is 12.3. The Morgan fingerprint density at radius 1 is 0.773 bits per heavy atom. The summed E-state index contributed by atoms with van der Waals surface area (Å²) >= 11 is 0. The lowest BCUT2D eigenvalue weighted by Crippen LogP contribution is -1.99. The van der Waals surface area contributed by atoms with Gasteiger partial charge in [0.15, 0.2) is 11.6 Å². The molecule has 108 valence electrons. The van der Waals surface area contributed by atoms with E-state index in [2.05, 4.69) is 18.2 Å². The molecule has 1 atom stereocenters. The third kappa shape index (κ3) is 2.80. The van der Waals surface area contributed by atoms with E-state index in [4.69, 9.17) is 0 Å². The van der Waals surface area contributed by atoms with Gasteiger partial charge in [0.25, 0.3) is 0 Å². The van der Waals surface area contributed by atoms with Gasteiger partial charge in [0.1, 0.15) is 0 Å². The van der Waals surface area contributed by atoms with E-state index < -0.39 is 6.10 Å². The zero-order valence-corrected chi connectivity index (χ0v) is 11.8. The van der Waals surface area contributed by atoms with Gasteiger partial charge in [-0.05, 0) is 46.2 Å². The van der Waals surface area contributed by atoms with Gasteiger partial charge in [-0.15, -0.1) is 0 Å². The van der Waals surface area contributed by atoms with E-state index in [9.17, 15) is 14.7 Å². The highest BCUT2D eigenvalue weighted by Gasteiger charge is 2.13. The number of aliphatic hydroxyl groups excluding tert-OH is 1. The molecular formula is C19H14O3. The van der Waals surface area contributed by atoms with Gasteiger partial charge >= 0.3 is 0 Å². The average molecular weight is 290 g/mol. The van der Waals surface area contributed by atoms with Crippen LogP contribution in [0, 0.1) is 0 Å². The fourth-order valence-electron chi connectivity index (χ4n) is 2.52. The monoisotopic (exact) mass is 290 g/mol. The maximum absolute atomic E-state index is 10.3. The molecule has 3 heteroatoms. The Hall–Kier alpha value is -2.78. The fraction of sp³-hybridized carbons (Fsp3) is 0.0526. The molecule has 22 heavy (non-hydrogen) atoms. The second kappa shape index (κ2) is 5.92. The summed E-state index contributed by atoms with van der Waals surface area (Å²) in [4.78, 5) is 20.6. The van der Waals surface area contributed by atoms with Crippen molar-refractivity contribution in [1.29, 1.82) is 0 Å². The summed E-state index contributed by atoms with van der Waals surface area (Å²) in [6.07, 6.45) is 8.38. The molecule has 1 N–H and O–H groups in total. The minimum atomic E-state index is -0.450. The zero-order valence-electron chi connectivity index (χ0n) is 11.8. The summed E-state index contributed by atoms with van der Waals surface area (Å²) in [5.41, 5.74) is 2.21. The molecule has 0 bridgehead atoms. The molecule has 3 nitrogen and oxygen atoms in total. The number of hydrogen-bond donors (Lipinski definition) is 1. The van der Waals surface area contributed by atoms with Crippen molar-refractivity contribution in [2.75, 3.05) is 0 Å². The van der Waals surface area contributed by atoms with E-state index in [0.717, 1.165) is 5.56 Å². The minimum absolute atomic E-state index is 0.121. The topological polar surface area (TPSA) is 54.4 Å². The number of hydrogen-bond acceptors (Lipinski definition) is 3. The van der Waals surface area contributed by atoms with Crippen LogP contribution >= 0.6 is 0 Å². The first-order chi connectivity index (χ1) is 10.6. The Morgan fingerprint density at radius 2 is 1.36 bits per heavy atom. The smallest absolute Gasteiger partial charge is 0.178 e. The summed E-state index contributed by atoms with van der Waals surface area (Å²) in [6.45, 7) is 0. The molecule has 0 heterocycles. The summed E-state index contributed by atoms with van der Waals surface area (Å²) in [5, 5.41) is 12.2. The molecule has 2 aliphatic rings. The molecule has 1 unspecified atom stereocenters. The SMILES string of the molecule is O=C1C=CC(=O)C=C1.OC1C=Cc2cccc3cccc1c23. The number of aliphatic hydroxyl groups is 1. The molecule has 0 radical (unpaired) electrons. The van der Waals surface area contributed by atoms with Crippen molar-refractivity contribution in [2.45, 2.75) is 6.10 Å². The third-order valence-electron chi connectivity index (χ3n) is 3.57. The largest absolute Gasteiger partial charge is 0.384 e. The lowest BCUT2D eigenvalue weighted by Gasteiger charge is -2.16. The van der Waals surface area contributed by atoms with Crippen molar-refractivity contribution in [3.05, 3.63) is 77.9 Å². The van der Waals surface area contributed by atoms with Crippen LogP contribution in [-0.2, 0) is 9.59 Å². The van der Waals surface area contributed by atoms with Gasteiger partial charge < -0.3 is 5.11 Å². The highest BCUT2D eigenvalue weighted by molar-refractivity contribution is 6.14. The highest BCUT2D eigenvalue weighted by Crippen LogP contribution is 2.32. The Kier molecular flexibility index (Phi) is 3.81. The number of carbonyl (C=O) groups excluding carboxylic acids is 2. The van der Waals surface area contributed by atoms with E-state index in [-0.39, 0.29) is 11.6 Å². The lowest BCUT2D eigenvalue weighted by atomic mass is 9.92. The molecule has 2 aliphatic carbocycles. The van der Waals surface area contributed by atoms with Gasteiger partial charge in [-0.2, -0.15) is 0 Å². The van der Waals surface area contributed by atoms with Crippen molar-refractivity contribution < 1.29 is 14.7 Å². The van der Waals surface area contributed by atoms with Crippen LogP contribution < -0.4 is 0 Å². The molecular weight excluding hydrogens is 276 g/mol. The second-order valence-corrected chi connectivity index (χ2v) is 5.07. The first kappa shape index (κ1) is 14.2. The fourth-order valence-corrected chi connectivity index (χ4v) is 2.52. The molecule has 0 spiro atoms. The summed E-state index contributed by atoms with van der Waals surface area (Å²) in [7, 11) is 0. The van der Waals surface area contributed by atoms with E-state index >= 15 is 0 Å². The molecule has 0 saturated heterocycles. The van der Waals surface area contributed by atoms with Crippen LogP contribution in [-0.4, -0.2) is 16.7 Å². The number of rotatable bonds is 0. The highest BCUT2D eigenvalue weighted by atomic mass is 16.3. The maximum Gasteiger partial charge on any atom is 0.178 e. The first-order valence-electron chi connectivity index (χ1n) is 6.97. The minimum Gasteiger partial charge on any atom is -0.384 e. The van der Waals surface area contributed by atoms with Crippen molar-refractivity contribution in [1.82, 2.24) is 0 Å². The predicted octanol–water partition coefficient (Wildman–Crippen LogP) is 3.15. The third-order valence-corrected chi connectivity index (χ3v) is 3.57. The molecule has 0 saturated carbocycles. The van der Waals surface area contributed by atoms with Crippen molar-refractivity contribution in [3.8, 4) is 0 Å². The first-order valence-corrected chi connectivity index (χ1v) is 6.97.